The first kappa shape index (κ1) is 17.3. The number of benzene rings is 1. The van der Waals surface area contributed by atoms with Crippen LogP contribution in [0.15, 0.2) is 29.4 Å². The number of nitrogens with zero attached hydrogens (tertiary/aromatic N) is 1. The monoisotopic (exact) mass is 358 g/mol. The molecule has 0 aromatic heterocycles. The molecule has 0 aliphatic carbocycles. The second kappa shape index (κ2) is 6.21. The molecule has 2 rings (SSSR count). The predicted molar refractivity (Wildman–Crippen MR) is 83.3 cm³/mol. The maximum absolute atomic E-state index is 12.9. The van der Waals surface area contributed by atoms with E-state index in [-0.39, 0.29) is 4.90 Å². The van der Waals surface area contributed by atoms with Gasteiger partial charge >= 0.3 is 5.97 Å². The van der Waals surface area contributed by atoms with Crippen molar-refractivity contribution < 1.29 is 23.1 Å². The smallest absolute Gasteiger partial charge is 0.306 e. The highest BCUT2D eigenvalue weighted by Crippen LogP contribution is 2.28. The third-order valence-corrected chi connectivity index (χ3v) is 5.77. The molecule has 2 N–H and O–H groups in total. The van der Waals surface area contributed by atoms with Crippen LogP contribution in [0.4, 0.5) is 0 Å². The fourth-order valence-electron chi connectivity index (χ4n) is 2.25. The van der Waals surface area contributed by atoms with E-state index in [4.69, 9.17) is 16.7 Å². The number of carboxylic acid groups (broad SMARTS) is 1. The van der Waals surface area contributed by atoms with Crippen LogP contribution in [0.1, 0.15) is 17.5 Å². The lowest BCUT2D eigenvalue weighted by atomic mass is 10.2. The molecule has 0 fully saturated rings. The van der Waals surface area contributed by atoms with E-state index in [0.717, 1.165) is 16.7 Å². The van der Waals surface area contributed by atoms with Gasteiger partial charge in [0, 0.05) is 17.4 Å². The Bertz CT molecular complexity index is 804. The lowest BCUT2D eigenvalue weighted by molar-refractivity contribution is -0.140. The molecule has 1 unspecified atom stereocenters. The van der Waals surface area contributed by atoms with Crippen molar-refractivity contribution in [2.24, 2.45) is 0 Å². The Balaban J connectivity index is 2.55. The molecule has 1 amide bonds. The van der Waals surface area contributed by atoms with E-state index in [1.54, 1.807) is 13.8 Å². The van der Waals surface area contributed by atoms with Crippen LogP contribution < -0.4 is 5.32 Å². The van der Waals surface area contributed by atoms with Crippen molar-refractivity contribution in [3.05, 3.63) is 40.7 Å². The Morgan fingerprint density at radius 2 is 2.00 bits per heavy atom. The number of aryl methyl sites for hydroxylation is 2. The molecule has 0 spiro atoms. The number of halogens is 1. The van der Waals surface area contributed by atoms with Crippen LogP contribution in [0, 0.1) is 13.8 Å². The Labute approximate surface area is 138 Å². The molecule has 1 atom stereocenters. The Morgan fingerprint density at radius 1 is 1.35 bits per heavy atom. The highest BCUT2D eigenvalue weighted by Gasteiger charge is 2.37. The summed E-state index contributed by atoms with van der Waals surface area (Å²) in [6, 6.07) is 1.58. The zero-order chi connectivity index (χ0) is 17.4. The van der Waals surface area contributed by atoms with Crippen LogP contribution in [0.25, 0.3) is 0 Å². The first-order chi connectivity index (χ1) is 10.6. The summed E-state index contributed by atoms with van der Waals surface area (Å²) < 4.78 is 26.5. The van der Waals surface area contributed by atoms with Crippen LogP contribution in [0.3, 0.4) is 0 Å². The maximum Gasteiger partial charge on any atom is 0.306 e. The fraction of sp³-hybridized carbons (Fsp3) is 0.286. The number of hydrogen-bond donors (Lipinski definition) is 2. The number of carbonyl (C=O) groups excluding carboxylic acids is 1. The summed E-state index contributed by atoms with van der Waals surface area (Å²) in [7, 11) is -4.10. The number of aliphatic carboxylic acids is 1. The quantitative estimate of drug-likeness (QED) is 0.846. The third-order valence-electron chi connectivity index (χ3n) is 3.44. The predicted octanol–water partition coefficient (Wildman–Crippen LogP) is 1.39. The van der Waals surface area contributed by atoms with Gasteiger partial charge in [-0.15, -0.1) is 0 Å². The molecule has 7 nitrogen and oxygen atoms in total. The number of amides is 1. The van der Waals surface area contributed by atoms with E-state index in [0.29, 0.717) is 16.1 Å². The molecule has 1 aromatic carbocycles. The van der Waals surface area contributed by atoms with Gasteiger partial charge in [-0.1, -0.05) is 11.6 Å². The number of carbonyl (C=O) groups is 2. The van der Waals surface area contributed by atoms with Crippen molar-refractivity contribution in [2.45, 2.75) is 31.2 Å². The number of sulfonamides is 1. The Morgan fingerprint density at radius 3 is 2.61 bits per heavy atom. The zero-order valence-corrected chi connectivity index (χ0v) is 14.0. The molecule has 1 heterocycles. The van der Waals surface area contributed by atoms with Gasteiger partial charge in [-0.05, 0) is 37.1 Å². The fourth-order valence-corrected chi connectivity index (χ4v) is 4.21. The second-order valence-corrected chi connectivity index (χ2v) is 7.36. The Kier molecular flexibility index (Phi) is 4.67. The van der Waals surface area contributed by atoms with Gasteiger partial charge in [0.15, 0.2) is 0 Å². The van der Waals surface area contributed by atoms with Gasteiger partial charge < -0.3 is 10.4 Å². The topological polar surface area (TPSA) is 104 Å². The largest absolute Gasteiger partial charge is 0.481 e. The van der Waals surface area contributed by atoms with E-state index in [2.05, 4.69) is 5.32 Å². The van der Waals surface area contributed by atoms with Crippen LogP contribution in [-0.4, -0.2) is 35.7 Å². The number of rotatable bonds is 4. The summed E-state index contributed by atoms with van der Waals surface area (Å²) in [5.41, 5.74) is 0.977. The van der Waals surface area contributed by atoms with E-state index >= 15 is 0 Å². The summed E-state index contributed by atoms with van der Waals surface area (Å²) >= 11 is 5.98. The van der Waals surface area contributed by atoms with E-state index in [1.807, 2.05) is 0 Å². The third kappa shape index (κ3) is 3.32. The molecule has 0 saturated carbocycles. The highest BCUT2D eigenvalue weighted by atomic mass is 35.5. The van der Waals surface area contributed by atoms with Gasteiger partial charge in [-0.3, -0.25) is 13.9 Å². The van der Waals surface area contributed by atoms with Crippen molar-refractivity contribution in [3.63, 3.8) is 0 Å². The lowest BCUT2D eigenvalue weighted by Gasteiger charge is -2.31. The minimum Gasteiger partial charge on any atom is -0.481 e. The Hall–Kier alpha value is -2.06. The molecule has 0 radical (unpaired) electrons. The van der Waals surface area contributed by atoms with Crippen LogP contribution in [-0.2, 0) is 19.6 Å². The van der Waals surface area contributed by atoms with Crippen molar-refractivity contribution in [1.82, 2.24) is 9.62 Å². The van der Waals surface area contributed by atoms with Gasteiger partial charge in [0.1, 0.15) is 6.04 Å². The summed E-state index contributed by atoms with van der Waals surface area (Å²) in [6.07, 6.45) is 1.67. The molecular formula is C14H15ClN2O5S. The molecule has 23 heavy (non-hydrogen) atoms. The van der Waals surface area contributed by atoms with Gasteiger partial charge in [-0.25, -0.2) is 8.42 Å². The van der Waals surface area contributed by atoms with Gasteiger partial charge in [-0.2, -0.15) is 0 Å². The average Bonchev–Trinajstić information content (AvgIpc) is 2.44. The first-order valence-corrected chi connectivity index (χ1v) is 8.45. The molecule has 9 heteroatoms. The minimum absolute atomic E-state index is 0.0193. The van der Waals surface area contributed by atoms with Crippen molar-refractivity contribution in [1.29, 1.82) is 0 Å². The van der Waals surface area contributed by atoms with Gasteiger partial charge in [0.2, 0.25) is 5.91 Å². The SMILES string of the molecule is Cc1cc(S(=O)(=O)N2C=CNC(=O)C2CC(=O)O)c(C)cc1Cl. The molecule has 1 aliphatic heterocycles. The lowest BCUT2D eigenvalue weighted by Crippen LogP contribution is -2.50. The van der Waals surface area contributed by atoms with E-state index in [9.17, 15) is 18.0 Å². The standard InChI is InChI=1S/C14H15ClN2O5S/c1-8-6-12(9(2)5-10(8)15)23(21,22)17-4-3-16-14(20)11(17)7-13(18)19/h3-6,11H,7H2,1-2H3,(H,16,20)(H,18,19). The summed E-state index contributed by atoms with van der Waals surface area (Å²) in [6.45, 7) is 3.24. The molecular weight excluding hydrogens is 344 g/mol. The zero-order valence-electron chi connectivity index (χ0n) is 12.4. The molecule has 0 saturated heterocycles. The van der Waals surface area contributed by atoms with Crippen LogP contribution >= 0.6 is 11.6 Å². The summed E-state index contributed by atoms with van der Waals surface area (Å²) in [4.78, 5) is 22.8. The van der Waals surface area contributed by atoms with Gasteiger partial charge in [0.25, 0.3) is 10.0 Å². The number of hydrogen-bond acceptors (Lipinski definition) is 4. The van der Waals surface area contributed by atoms with E-state index < -0.39 is 34.4 Å². The molecule has 1 aromatic rings. The highest BCUT2D eigenvalue weighted by molar-refractivity contribution is 7.89. The van der Waals surface area contributed by atoms with Gasteiger partial charge in [0.05, 0.1) is 11.3 Å². The van der Waals surface area contributed by atoms with Crippen LogP contribution in [0.2, 0.25) is 5.02 Å². The second-order valence-electron chi connectivity index (χ2n) is 5.14. The molecule has 0 bridgehead atoms. The minimum atomic E-state index is -4.10. The summed E-state index contributed by atoms with van der Waals surface area (Å²) in [5, 5.41) is 11.7. The molecule has 124 valence electrons. The van der Waals surface area contributed by atoms with Crippen molar-refractivity contribution in [3.8, 4) is 0 Å². The average molecular weight is 359 g/mol. The van der Waals surface area contributed by atoms with Crippen molar-refractivity contribution in [2.75, 3.05) is 0 Å². The van der Waals surface area contributed by atoms with Crippen LogP contribution in [0.5, 0.6) is 0 Å². The normalized spacial score (nSPS) is 18.0. The number of nitrogens with one attached hydrogen (secondary N) is 1. The first-order valence-electron chi connectivity index (χ1n) is 6.63. The maximum atomic E-state index is 12.9. The number of carboxylic acids is 1. The summed E-state index contributed by atoms with van der Waals surface area (Å²) in [5.74, 6) is -1.97. The van der Waals surface area contributed by atoms with E-state index in [1.165, 1.54) is 12.1 Å². The molecule has 1 aliphatic rings. The van der Waals surface area contributed by atoms with Crippen molar-refractivity contribution >= 4 is 33.5 Å².